The summed E-state index contributed by atoms with van der Waals surface area (Å²) >= 11 is 3.43. The van der Waals surface area contributed by atoms with Crippen molar-refractivity contribution in [2.45, 2.75) is 32.7 Å². The van der Waals surface area contributed by atoms with Crippen LogP contribution in [0.15, 0.2) is 47.7 Å². The molecule has 1 aromatic heterocycles. The lowest BCUT2D eigenvalue weighted by molar-refractivity contribution is 0.0271. The molecular formula is C23H24BrFN4O2. The van der Waals surface area contributed by atoms with Crippen LogP contribution < -0.4 is 10.8 Å². The summed E-state index contributed by atoms with van der Waals surface area (Å²) in [6.45, 7) is 6.69. The first-order chi connectivity index (χ1) is 15.0. The van der Waals surface area contributed by atoms with Crippen LogP contribution in [0.25, 0.3) is 11.0 Å². The van der Waals surface area contributed by atoms with E-state index < -0.39 is 11.7 Å². The predicted molar refractivity (Wildman–Crippen MR) is 123 cm³/mol. The van der Waals surface area contributed by atoms with Crippen LogP contribution >= 0.6 is 15.9 Å². The molecule has 0 radical (unpaired) electrons. The van der Waals surface area contributed by atoms with Crippen molar-refractivity contribution in [2.24, 2.45) is 5.92 Å². The van der Waals surface area contributed by atoms with Crippen LogP contribution in [-0.2, 0) is 11.4 Å². The number of rotatable bonds is 9. The Labute approximate surface area is 188 Å². The van der Waals surface area contributed by atoms with Gasteiger partial charge in [0.1, 0.15) is 5.52 Å². The summed E-state index contributed by atoms with van der Waals surface area (Å²) in [6.07, 6.45) is 6.28. The number of nitrogens with zero attached hydrogens (tertiary/aromatic N) is 2. The van der Waals surface area contributed by atoms with Gasteiger partial charge in [-0.25, -0.2) is 14.9 Å². The first kappa shape index (κ1) is 21.5. The molecule has 1 saturated carbocycles. The molecule has 0 spiro atoms. The number of halogens is 2. The minimum absolute atomic E-state index is 0.0689. The van der Waals surface area contributed by atoms with Crippen molar-refractivity contribution in [3.63, 3.8) is 0 Å². The van der Waals surface area contributed by atoms with E-state index in [1.165, 1.54) is 0 Å². The summed E-state index contributed by atoms with van der Waals surface area (Å²) in [7, 11) is 0. The number of aryl methyl sites for hydroxylation is 2. The molecule has 1 heterocycles. The molecule has 0 atom stereocenters. The van der Waals surface area contributed by atoms with Crippen LogP contribution in [0.3, 0.4) is 0 Å². The number of hydroxylamine groups is 1. The van der Waals surface area contributed by atoms with Gasteiger partial charge in [-0.3, -0.25) is 9.63 Å². The second-order valence-electron chi connectivity index (χ2n) is 7.77. The maximum absolute atomic E-state index is 15.6. The van der Waals surface area contributed by atoms with Crippen LogP contribution in [0, 0.1) is 18.7 Å². The number of imidazole rings is 1. The molecule has 1 amide bonds. The molecule has 0 bridgehead atoms. The highest BCUT2D eigenvalue weighted by Crippen LogP contribution is 2.33. The van der Waals surface area contributed by atoms with E-state index in [1.807, 2.05) is 29.7 Å². The average molecular weight is 487 g/mol. The Kier molecular flexibility index (Phi) is 6.38. The highest BCUT2D eigenvalue weighted by Gasteiger charge is 2.24. The number of fused-ring (bicyclic) bond motifs is 1. The highest BCUT2D eigenvalue weighted by atomic mass is 79.9. The van der Waals surface area contributed by atoms with Gasteiger partial charge < -0.3 is 9.88 Å². The number of hydrogen-bond donors (Lipinski definition) is 2. The third kappa shape index (κ3) is 4.80. The van der Waals surface area contributed by atoms with E-state index in [1.54, 1.807) is 18.5 Å². The Balaban J connectivity index is 1.74. The van der Waals surface area contributed by atoms with E-state index in [2.05, 4.69) is 38.3 Å². The van der Waals surface area contributed by atoms with E-state index >= 15 is 4.39 Å². The van der Waals surface area contributed by atoms with Crippen molar-refractivity contribution in [2.75, 3.05) is 11.9 Å². The molecular weight excluding hydrogens is 463 g/mol. The first-order valence-electron chi connectivity index (χ1n) is 10.2. The van der Waals surface area contributed by atoms with E-state index in [9.17, 15) is 4.79 Å². The first-order valence-corrected chi connectivity index (χ1v) is 11.0. The topological polar surface area (TPSA) is 68.2 Å². The fraction of sp³-hybridized carbons (Fsp3) is 0.304. The van der Waals surface area contributed by atoms with Crippen LogP contribution in [0.1, 0.15) is 35.2 Å². The summed E-state index contributed by atoms with van der Waals surface area (Å²) < 4.78 is 18.3. The molecule has 4 rings (SSSR count). The van der Waals surface area contributed by atoms with Crippen molar-refractivity contribution in [3.05, 3.63) is 64.7 Å². The molecule has 2 aromatic carbocycles. The van der Waals surface area contributed by atoms with Gasteiger partial charge in [0.2, 0.25) is 0 Å². The van der Waals surface area contributed by atoms with Crippen molar-refractivity contribution in [1.82, 2.24) is 15.0 Å². The molecule has 8 heteroatoms. The standard InChI is InChI=1S/C23H24BrFN4O2/c1-3-4-9-29-13-26-22-19(29)11-17(23(30)28-31-12-15-5-6-15)21(20(22)25)27-18-8-7-16(24)10-14(18)2/h3,7-8,10-11,13,15,27H,1,4-6,9,12H2,2H3,(H,28,30). The zero-order chi connectivity index (χ0) is 22.0. The summed E-state index contributed by atoms with van der Waals surface area (Å²) in [5.74, 6) is -0.595. The van der Waals surface area contributed by atoms with Crippen LogP contribution in [0.5, 0.6) is 0 Å². The number of anilines is 2. The Bertz CT molecular complexity index is 1140. The summed E-state index contributed by atoms with van der Waals surface area (Å²) in [4.78, 5) is 22.5. The van der Waals surface area contributed by atoms with Crippen molar-refractivity contribution < 1.29 is 14.0 Å². The number of hydrogen-bond acceptors (Lipinski definition) is 4. The predicted octanol–water partition coefficient (Wildman–Crippen LogP) is 5.64. The van der Waals surface area contributed by atoms with E-state index in [4.69, 9.17) is 4.84 Å². The van der Waals surface area contributed by atoms with Crippen molar-refractivity contribution >= 4 is 44.2 Å². The van der Waals surface area contributed by atoms with Crippen molar-refractivity contribution in [1.29, 1.82) is 0 Å². The van der Waals surface area contributed by atoms with E-state index in [-0.39, 0.29) is 16.8 Å². The Hall–Kier alpha value is -2.71. The number of carbonyl (C=O) groups is 1. The lowest BCUT2D eigenvalue weighted by Gasteiger charge is -2.16. The second-order valence-corrected chi connectivity index (χ2v) is 8.68. The fourth-order valence-corrected chi connectivity index (χ4v) is 3.81. The van der Waals surface area contributed by atoms with Crippen molar-refractivity contribution in [3.8, 4) is 0 Å². The van der Waals surface area contributed by atoms with Gasteiger partial charge in [-0.2, -0.15) is 0 Å². The lowest BCUT2D eigenvalue weighted by Crippen LogP contribution is -2.26. The number of benzene rings is 2. The molecule has 3 aromatic rings. The van der Waals surface area contributed by atoms with Gasteiger partial charge in [0, 0.05) is 16.7 Å². The molecule has 1 aliphatic rings. The van der Waals surface area contributed by atoms with Gasteiger partial charge in [0.15, 0.2) is 5.82 Å². The fourth-order valence-electron chi connectivity index (χ4n) is 3.33. The van der Waals surface area contributed by atoms with Gasteiger partial charge in [0.25, 0.3) is 5.91 Å². The van der Waals surface area contributed by atoms with Gasteiger partial charge in [-0.1, -0.05) is 22.0 Å². The largest absolute Gasteiger partial charge is 0.352 e. The molecule has 2 N–H and O–H groups in total. The number of amides is 1. The monoisotopic (exact) mass is 486 g/mol. The molecule has 1 aliphatic carbocycles. The van der Waals surface area contributed by atoms with Gasteiger partial charge in [-0.15, -0.1) is 6.58 Å². The number of allylic oxidation sites excluding steroid dienone is 1. The Morgan fingerprint density at radius 3 is 2.94 bits per heavy atom. The number of nitrogens with one attached hydrogen (secondary N) is 2. The van der Waals surface area contributed by atoms with E-state index in [0.29, 0.717) is 36.7 Å². The zero-order valence-electron chi connectivity index (χ0n) is 17.3. The molecule has 31 heavy (non-hydrogen) atoms. The summed E-state index contributed by atoms with van der Waals surface area (Å²) in [6, 6.07) is 7.26. The zero-order valence-corrected chi connectivity index (χ0v) is 18.8. The maximum atomic E-state index is 15.6. The smallest absolute Gasteiger partial charge is 0.277 e. The molecule has 0 unspecified atom stereocenters. The number of aromatic nitrogens is 2. The molecule has 0 aliphatic heterocycles. The van der Waals surface area contributed by atoms with Crippen LogP contribution in [0.4, 0.5) is 15.8 Å². The third-order valence-corrected chi connectivity index (χ3v) is 5.80. The Morgan fingerprint density at radius 1 is 1.42 bits per heavy atom. The molecule has 1 fully saturated rings. The SMILES string of the molecule is C=CCCn1cnc2c(F)c(Nc3ccc(Br)cc3C)c(C(=O)NOCC3CC3)cc21. The normalized spacial score (nSPS) is 13.4. The second kappa shape index (κ2) is 9.20. The minimum atomic E-state index is -0.579. The minimum Gasteiger partial charge on any atom is -0.352 e. The van der Waals surface area contributed by atoms with Crippen LogP contribution in [0.2, 0.25) is 0 Å². The molecule has 0 saturated heterocycles. The lowest BCUT2D eigenvalue weighted by atomic mass is 10.1. The van der Waals surface area contributed by atoms with Gasteiger partial charge in [0.05, 0.1) is 29.7 Å². The quantitative estimate of drug-likeness (QED) is 0.303. The van der Waals surface area contributed by atoms with E-state index in [0.717, 1.165) is 22.9 Å². The highest BCUT2D eigenvalue weighted by molar-refractivity contribution is 9.10. The van der Waals surface area contributed by atoms with Gasteiger partial charge in [-0.05, 0) is 61.9 Å². The molecule has 162 valence electrons. The summed E-state index contributed by atoms with van der Waals surface area (Å²) in [5, 5.41) is 3.10. The maximum Gasteiger partial charge on any atom is 0.277 e. The van der Waals surface area contributed by atoms with Gasteiger partial charge >= 0.3 is 0 Å². The molecule has 6 nitrogen and oxygen atoms in total. The average Bonchev–Trinajstić information content (AvgIpc) is 3.48. The third-order valence-electron chi connectivity index (χ3n) is 5.30. The van der Waals surface area contributed by atoms with Crippen LogP contribution in [-0.4, -0.2) is 22.1 Å². The number of carbonyl (C=O) groups excluding carboxylic acids is 1. The Morgan fingerprint density at radius 2 is 2.23 bits per heavy atom. The summed E-state index contributed by atoms with van der Waals surface area (Å²) in [5.41, 5.74) is 5.04.